The van der Waals surface area contributed by atoms with Gasteiger partial charge in [-0.25, -0.2) is 0 Å². The molecule has 2 N–H and O–H groups in total. The molecule has 1 fully saturated rings. The summed E-state index contributed by atoms with van der Waals surface area (Å²) in [7, 11) is 1.57. The molecular weight excluding hydrogens is 280 g/mol. The van der Waals surface area contributed by atoms with E-state index in [-0.39, 0.29) is 12.3 Å². The number of methoxy groups -OCH3 is 1. The highest BCUT2D eigenvalue weighted by molar-refractivity contribution is 5.93. The molecule has 1 aliphatic heterocycles. The van der Waals surface area contributed by atoms with Crippen molar-refractivity contribution in [3.05, 3.63) is 42.0 Å². The van der Waals surface area contributed by atoms with Gasteiger partial charge in [-0.1, -0.05) is 30.3 Å². The number of rotatable bonds is 6. The van der Waals surface area contributed by atoms with E-state index < -0.39 is 11.4 Å². The Labute approximate surface area is 130 Å². The Bertz CT molecular complexity index is 556. The summed E-state index contributed by atoms with van der Waals surface area (Å²) in [6.07, 6.45) is 5.04. The van der Waals surface area contributed by atoms with Crippen molar-refractivity contribution < 1.29 is 14.3 Å². The predicted molar refractivity (Wildman–Crippen MR) is 84.8 cm³/mol. The second kappa shape index (κ2) is 7.22. The van der Waals surface area contributed by atoms with E-state index in [0.717, 1.165) is 18.4 Å². The maximum atomic E-state index is 12.5. The van der Waals surface area contributed by atoms with Gasteiger partial charge in [-0.3, -0.25) is 9.59 Å². The minimum atomic E-state index is -0.612. The molecule has 0 saturated carbocycles. The topological polar surface area (TPSA) is 72.6 Å². The summed E-state index contributed by atoms with van der Waals surface area (Å²) in [6, 6.07) is 9.62. The molecule has 5 nitrogen and oxygen atoms in total. The van der Waals surface area contributed by atoms with E-state index in [1.165, 1.54) is 0 Å². The molecule has 2 amide bonds. The summed E-state index contributed by atoms with van der Waals surface area (Å²) in [5.41, 5.74) is 5.71. The number of primary amides is 1. The second-order valence-electron chi connectivity index (χ2n) is 5.64. The molecule has 1 saturated heterocycles. The largest absolute Gasteiger partial charge is 0.382 e. The first-order chi connectivity index (χ1) is 10.6. The number of ether oxygens (including phenoxy) is 1. The van der Waals surface area contributed by atoms with Crippen LogP contribution in [-0.2, 0) is 14.3 Å². The first kappa shape index (κ1) is 16.2. The lowest BCUT2D eigenvalue weighted by Crippen LogP contribution is -2.52. The molecule has 5 heteroatoms. The summed E-state index contributed by atoms with van der Waals surface area (Å²) in [4.78, 5) is 25.6. The highest BCUT2D eigenvalue weighted by atomic mass is 16.5. The second-order valence-corrected chi connectivity index (χ2v) is 5.64. The van der Waals surface area contributed by atoms with Crippen LogP contribution in [0.1, 0.15) is 24.8 Å². The molecule has 0 radical (unpaired) electrons. The van der Waals surface area contributed by atoms with E-state index in [4.69, 9.17) is 10.5 Å². The number of nitrogens with zero attached hydrogens (tertiary/aromatic N) is 1. The minimum Gasteiger partial charge on any atom is -0.382 e. The smallest absolute Gasteiger partial charge is 0.247 e. The molecular formula is C17H22N2O3. The van der Waals surface area contributed by atoms with Crippen molar-refractivity contribution in [2.24, 2.45) is 5.73 Å². The van der Waals surface area contributed by atoms with E-state index in [1.54, 1.807) is 24.2 Å². The molecule has 1 unspecified atom stereocenters. The number of hydrogen-bond donors (Lipinski definition) is 1. The molecule has 0 aromatic heterocycles. The van der Waals surface area contributed by atoms with Crippen molar-refractivity contribution in [3.8, 4) is 0 Å². The van der Waals surface area contributed by atoms with Gasteiger partial charge in [-0.05, 0) is 24.5 Å². The number of carbonyl (C=O) groups is 2. The molecule has 22 heavy (non-hydrogen) atoms. The normalized spacial score (nSPS) is 21.4. The van der Waals surface area contributed by atoms with Gasteiger partial charge in [0.15, 0.2) is 0 Å². The van der Waals surface area contributed by atoms with E-state index >= 15 is 0 Å². The average molecular weight is 302 g/mol. The molecule has 2 rings (SSSR count). The third-order valence-corrected chi connectivity index (χ3v) is 4.00. The maximum Gasteiger partial charge on any atom is 0.247 e. The monoisotopic (exact) mass is 302 g/mol. The molecule has 0 spiro atoms. The van der Waals surface area contributed by atoms with E-state index in [9.17, 15) is 9.59 Å². The quantitative estimate of drug-likeness (QED) is 0.811. The fourth-order valence-electron chi connectivity index (χ4n) is 3.08. The number of benzene rings is 1. The standard InChI is InChI=1S/C17H22N2O3/c1-22-13-17(12-15(18)20)10-5-11-19(17)16(21)9-8-14-6-3-2-4-7-14/h2-4,6-9H,5,10-13H2,1H3,(H2,18,20). The molecule has 1 aromatic rings. The van der Waals surface area contributed by atoms with Gasteiger partial charge in [-0.15, -0.1) is 0 Å². The lowest BCUT2D eigenvalue weighted by molar-refractivity contribution is -0.134. The summed E-state index contributed by atoms with van der Waals surface area (Å²) >= 11 is 0. The predicted octanol–water partition coefficient (Wildman–Crippen LogP) is 1.58. The van der Waals surface area contributed by atoms with E-state index in [0.29, 0.717) is 13.2 Å². The average Bonchev–Trinajstić information content (AvgIpc) is 2.89. The molecule has 1 heterocycles. The fraction of sp³-hybridized carbons (Fsp3) is 0.412. The van der Waals surface area contributed by atoms with Gasteiger partial charge in [0.2, 0.25) is 11.8 Å². The van der Waals surface area contributed by atoms with Gasteiger partial charge in [0, 0.05) is 19.7 Å². The zero-order chi connectivity index (χ0) is 16.0. The van der Waals surface area contributed by atoms with Crippen LogP contribution in [0, 0.1) is 0 Å². The maximum absolute atomic E-state index is 12.5. The number of amides is 2. The van der Waals surface area contributed by atoms with Gasteiger partial charge in [0.05, 0.1) is 18.6 Å². The lowest BCUT2D eigenvalue weighted by atomic mass is 9.92. The van der Waals surface area contributed by atoms with Crippen LogP contribution < -0.4 is 5.73 Å². The third kappa shape index (κ3) is 3.74. The number of carbonyl (C=O) groups excluding carboxylic acids is 2. The van der Waals surface area contributed by atoms with Crippen molar-refractivity contribution >= 4 is 17.9 Å². The zero-order valence-electron chi connectivity index (χ0n) is 12.8. The molecule has 1 aliphatic rings. The Morgan fingerprint density at radius 3 is 2.73 bits per heavy atom. The van der Waals surface area contributed by atoms with Crippen LogP contribution in [0.15, 0.2) is 36.4 Å². The third-order valence-electron chi connectivity index (χ3n) is 4.00. The van der Waals surface area contributed by atoms with Gasteiger partial charge in [-0.2, -0.15) is 0 Å². The lowest BCUT2D eigenvalue weighted by Gasteiger charge is -2.36. The number of nitrogens with two attached hydrogens (primary N) is 1. The Morgan fingerprint density at radius 2 is 2.09 bits per heavy atom. The van der Waals surface area contributed by atoms with Crippen LogP contribution in [0.25, 0.3) is 6.08 Å². The summed E-state index contributed by atoms with van der Waals surface area (Å²) in [5.74, 6) is -0.525. The molecule has 118 valence electrons. The van der Waals surface area contributed by atoms with Crippen molar-refractivity contribution in [2.75, 3.05) is 20.3 Å². The minimum absolute atomic E-state index is 0.111. The molecule has 1 aromatic carbocycles. The van der Waals surface area contributed by atoms with E-state index in [2.05, 4.69) is 0 Å². The van der Waals surface area contributed by atoms with Crippen molar-refractivity contribution in [3.63, 3.8) is 0 Å². The Hall–Kier alpha value is -2.14. The molecule has 0 bridgehead atoms. The first-order valence-electron chi connectivity index (χ1n) is 7.39. The van der Waals surface area contributed by atoms with Gasteiger partial charge < -0.3 is 15.4 Å². The number of hydrogen-bond acceptors (Lipinski definition) is 3. The van der Waals surface area contributed by atoms with Crippen LogP contribution in [0.2, 0.25) is 0 Å². The van der Waals surface area contributed by atoms with Crippen LogP contribution >= 0.6 is 0 Å². The van der Waals surface area contributed by atoms with Crippen LogP contribution in [0.3, 0.4) is 0 Å². The summed E-state index contributed by atoms with van der Waals surface area (Å²) in [6.45, 7) is 0.940. The van der Waals surface area contributed by atoms with Crippen LogP contribution in [-0.4, -0.2) is 42.5 Å². The SMILES string of the molecule is COCC1(CC(N)=O)CCCN1C(=O)C=Cc1ccccc1. The summed E-state index contributed by atoms with van der Waals surface area (Å²) < 4.78 is 5.25. The fourth-order valence-corrected chi connectivity index (χ4v) is 3.08. The highest BCUT2D eigenvalue weighted by Crippen LogP contribution is 2.33. The van der Waals surface area contributed by atoms with Crippen molar-refractivity contribution in [1.29, 1.82) is 0 Å². The van der Waals surface area contributed by atoms with Gasteiger partial charge in [0.1, 0.15) is 0 Å². The van der Waals surface area contributed by atoms with Gasteiger partial charge >= 0.3 is 0 Å². The van der Waals surface area contributed by atoms with Gasteiger partial charge in [0.25, 0.3) is 0 Å². The Balaban J connectivity index is 2.15. The number of likely N-dealkylation sites (tertiary alicyclic amines) is 1. The molecule has 0 aliphatic carbocycles. The van der Waals surface area contributed by atoms with E-state index in [1.807, 2.05) is 30.3 Å². The highest BCUT2D eigenvalue weighted by Gasteiger charge is 2.44. The Kier molecular flexibility index (Phi) is 5.33. The zero-order valence-corrected chi connectivity index (χ0v) is 12.8. The molecule has 1 atom stereocenters. The van der Waals surface area contributed by atoms with Crippen molar-refractivity contribution in [2.45, 2.75) is 24.8 Å². The van der Waals surface area contributed by atoms with Crippen LogP contribution in [0.4, 0.5) is 0 Å². The Morgan fingerprint density at radius 1 is 1.36 bits per heavy atom. The first-order valence-corrected chi connectivity index (χ1v) is 7.39. The summed E-state index contributed by atoms with van der Waals surface area (Å²) in [5, 5.41) is 0. The van der Waals surface area contributed by atoms with Crippen molar-refractivity contribution in [1.82, 2.24) is 4.90 Å². The van der Waals surface area contributed by atoms with Crippen LogP contribution in [0.5, 0.6) is 0 Å².